The highest BCUT2D eigenvalue weighted by Crippen LogP contribution is 2.50. The van der Waals surface area contributed by atoms with Gasteiger partial charge in [0.2, 0.25) is 10.0 Å². The van der Waals surface area contributed by atoms with E-state index in [1.807, 2.05) is 12.1 Å². The van der Waals surface area contributed by atoms with Gasteiger partial charge in [-0.3, -0.25) is 0 Å². The van der Waals surface area contributed by atoms with E-state index < -0.39 is 10.0 Å². The van der Waals surface area contributed by atoms with Gasteiger partial charge in [0, 0.05) is 18.2 Å². The molecule has 2 aliphatic rings. The lowest BCUT2D eigenvalue weighted by molar-refractivity contribution is 0.371. The fraction of sp³-hybridized carbons (Fsp3) is 0.273. The van der Waals surface area contributed by atoms with Crippen LogP contribution in [0.1, 0.15) is 29.5 Å². The summed E-state index contributed by atoms with van der Waals surface area (Å²) in [6.07, 6.45) is 6.68. The van der Waals surface area contributed by atoms with Crippen molar-refractivity contribution in [1.82, 2.24) is 4.72 Å². The Labute approximate surface area is 171 Å². The molecule has 7 heteroatoms. The molecule has 3 atom stereocenters. The largest absolute Gasteiger partial charge is 0.504 e. The van der Waals surface area contributed by atoms with Crippen molar-refractivity contribution in [3.05, 3.63) is 72.3 Å². The van der Waals surface area contributed by atoms with Crippen molar-refractivity contribution in [3.63, 3.8) is 0 Å². The van der Waals surface area contributed by atoms with Crippen LogP contribution in [0.15, 0.2) is 66.1 Å². The molecule has 3 unspecified atom stereocenters. The monoisotopic (exact) mass is 412 g/mol. The smallest absolute Gasteiger partial charge is 0.240 e. The van der Waals surface area contributed by atoms with Gasteiger partial charge in [-0.25, -0.2) is 13.1 Å². The Hall–Kier alpha value is -2.77. The maximum atomic E-state index is 12.5. The molecule has 0 fully saturated rings. The lowest BCUT2D eigenvalue weighted by atomic mass is 9.77. The van der Waals surface area contributed by atoms with Gasteiger partial charge in [0.25, 0.3) is 0 Å². The van der Waals surface area contributed by atoms with E-state index in [-0.39, 0.29) is 35.1 Å². The van der Waals surface area contributed by atoms with Crippen LogP contribution < -0.4 is 14.8 Å². The third-order valence-electron chi connectivity index (χ3n) is 5.62. The molecule has 3 N–H and O–H groups in total. The minimum absolute atomic E-state index is 0.000606. The standard InChI is InChI=1S/C22H24N2O4S/c1-3-11-23-29(26,27)15-8-9-19-18(13-15)16-5-4-6-17(16)22(24-19)14-7-10-21(28-2)20(25)12-14/h3-5,7-10,12-13,16-17,22-25H,1,6,11H2,2H3. The summed E-state index contributed by atoms with van der Waals surface area (Å²) in [5, 5.41) is 13.8. The van der Waals surface area contributed by atoms with Gasteiger partial charge in [-0.2, -0.15) is 0 Å². The van der Waals surface area contributed by atoms with Gasteiger partial charge < -0.3 is 15.2 Å². The molecule has 2 aromatic carbocycles. The van der Waals surface area contributed by atoms with E-state index in [2.05, 4.69) is 28.8 Å². The summed E-state index contributed by atoms with van der Waals surface area (Å²) >= 11 is 0. The van der Waals surface area contributed by atoms with Crippen LogP contribution in [0.2, 0.25) is 0 Å². The van der Waals surface area contributed by atoms with E-state index in [0.29, 0.717) is 5.75 Å². The highest BCUT2D eigenvalue weighted by Gasteiger charge is 2.38. The third-order valence-corrected chi connectivity index (χ3v) is 7.05. The molecule has 0 spiro atoms. The summed E-state index contributed by atoms with van der Waals surface area (Å²) in [6, 6.07) is 10.6. The Morgan fingerprint density at radius 2 is 2.14 bits per heavy atom. The number of hydrogen-bond donors (Lipinski definition) is 3. The second-order valence-corrected chi connectivity index (χ2v) is 9.06. The van der Waals surface area contributed by atoms with Gasteiger partial charge in [-0.15, -0.1) is 6.58 Å². The maximum Gasteiger partial charge on any atom is 0.240 e. The van der Waals surface area contributed by atoms with E-state index in [0.717, 1.165) is 23.2 Å². The predicted molar refractivity (Wildman–Crippen MR) is 113 cm³/mol. The van der Waals surface area contributed by atoms with Crippen molar-refractivity contribution >= 4 is 15.7 Å². The van der Waals surface area contributed by atoms with Gasteiger partial charge >= 0.3 is 0 Å². The van der Waals surface area contributed by atoms with Gasteiger partial charge in [0.15, 0.2) is 11.5 Å². The van der Waals surface area contributed by atoms with Gasteiger partial charge in [-0.1, -0.05) is 24.3 Å². The van der Waals surface area contributed by atoms with Crippen molar-refractivity contribution < 1.29 is 18.3 Å². The molecule has 1 heterocycles. The number of anilines is 1. The molecular weight excluding hydrogens is 388 g/mol. The number of rotatable bonds is 6. The first-order valence-corrected chi connectivity index (χ1v) is 11.0. The average molecular weight is 413 g/mol. The molecule has 1 aliphatic carbocycles. The third kappa shape index (κ3) is 3.52. The average Bonchev–Trinajstić information content (AvgIpc) is 3.21. The predicted octanol–water partition coefficient (Wildman–Crippen LogP) is 3.69. The van der Waals surface area contributed by atoms with Gasteiger partial charge in [-0.05, 0) is 53.8 Å². The fourth-order valence-corrected chi connectivity index (χ4v) is 5.26. The highest BCUT2D eigenvalue weighted by molar-refractivity contribution is 7.89. The zero-order valence-corrected chi connectivity index (χ0v) is 16.9. The van der Waals surface area contributed by atoms with Crippen LogP contribution in [0, 0.1) is 5.92 Å². The van der Waals surface area contributed by atoms with E-state index >= 15 is 0 Å². The molecule has 0 aromatic heterocycles. The van der Waals surface area contributed by atoms with Crippen LogP contribution in [0.4, 0.5) is 5.69 Å². The first-order valence-electron chi connectivity index (χ1n) is 9.49. The number of fused-ring (bicyclic) bond motifs is 3. The minimum atomic E-state index is -3.58. The second-order valence-electron chi connectivity index (χ2n) is 7.30. The molecule has 2 aromatic rings. The molecule has 29 heavy (non-hydrogen) atoms. The quantitative estimate of drug-likeness (QED) is 0.630. The van der Waals surface area contributed by atoms with Crippen LogP contribution in [0.5, 0.6) is 11.5 Å². The Balaban J connectivity index is 1.71. The number of benzene rings is 2. The van der Waals surface area contributed by atoms with Crippen molar-refractivity contribution in [2.75, 3.05) is 19.0 Å². The Morgan fingerprint density at radius 3 is 2.86 bits per heavy atom. The molecule has 0 saturated carbocycles. The van der Waals surface area contributed by atoms with E-state index in [9.17, 15) is 13.5 Å². The van der Waals surface area contributed by atoms with Crippen molar-refractivity contribution in [1.29, 1.82) is 0 Å². The summed E-state index contributed by atoms with van der Waals surface area (Å²) in [5.41, 5.74) is 2.84. The lowest BCUT2D eigenvalue weighted by Gasteiger charge is -2.37. The summed E-state index contributed by atoms with van der Waals surface area (Å²) in [7, 11) is -2.06. The summed E-state index contributed by atoms with van der Waals surface area (Å²) < 4.78 is 32.7. The molecular formula is C22H24N2O4S. The molecule has 0 saturated heterocycles. The van der Waals surface area contributed by atoms with Crippen LogP contribution in [-0.2, 0) is 10.0 Å². The summed E-state index contributed by atoms with van der Waals surface area (Å²) in [6.45, 7) is 3.74. The Morgan fingerprint density at radius 1 is 1.31 bits per heavy atom. The first kappa shape index (κ1) is 19.5. The number of hydrogen-bond acceptors (Lipinski definition) is 5. The van der Waals surface area contributed by atoms with Crippen molar-refractivity contribution in [2.24, 2.45) is 5.92 Å². The summed E-state index contributed by atoms with van der Waals surface area (Å²) in [5.74, 6) is 0.882. The number of allylic oxidation sites excluding steroid dienone is 2. The molecule has 4 rings (SSSR count). The normalized spacial score (nSPS) is 22.4. The molecule has 6 nitrogen and oxygen atoms in total. The Bertz CT molecular complexity index is 1080. The number of phenols is 1. The number of ether oxygens (including phenoxy) is 1. The maximum absolute atomic E-state index is 12.5. The van der Waals surface area contributed by atoms with Crippen LogP contribution in [-0.4, -0.2) is 27.2 Å². The zero-order chi connectivity index (χ0) is 20.6. The molecule has 0 bridgehead atoms. The van der Waals surface area contributed by atoms with Crippen LogP contribution >= 0.6 is 0 Å². The molecule has 1 aliphatic heterocycles. The second kappa shape index (κ2) is 7.57. The Kier molecular flexibility index (Phi) is 5.10. The zero-order valence-electron chi connectivity index (χ0n) is 16.1. The minimum Gasteiger partial charge on any atom is -0.504 e. The first-order chi connectivity index (χ1) is 13.9. The van der Waals surface area contributed by atoms with E-state index in [1.165, 1.54) is 13.2 Å². The molecule has 0 amide bonds. The number of methoxy groups -OCH3 is 1. The number of sulfonamides is 1. The topological polar surface area (TPSA) is 87.7 Å². The highest BCUT2D eigenvalue weighted by atomic mass is 32.2. The SMILES string of the molecule is C=CCNS(=O)(=O)c1ccc2c(c1)C1C=CCC1C(c1ccc(OC)c(O)c1)N2. The number of phenolic OH excluding ortho intramolecular Hbond substituents is 1. The van der Waals surface area contributed by atoms with E-state index in [4.69, 9.17) is 4.74 Å². The van der Waals surface area contributed by atoms with Gasteiger partial charge in [0.05, 0.1) is 18.0 Å². The van der Waals surface area contributed by atoms with Crippen LogP contribution in [0.25, 0.3) is 0 Å². The number of nitrogens with one attached hydrogen (secondary N) is 2. The molecule has 152 valence electrons. The van der Waals surface area contributed by atoms with Crippen molar-refractivity contribution in [3.8, 4) is 11.5 Å². The number of aromatic hydroxyl groups is 1. The van der Waals surface area contributed by atoms with E-state index in [1.54, 1.807) is 24.3 Å². The van der Waals surface area contributed by atoms with Crippen LogP contribution in [0.3, 0.4) is 0 Å². The summed E-state index contributed by atoms with van der Waals surface area (Å²) in [4.78, 5) is 0.250. The molecule has 0 radical (unpaired) electrons. The van der Waals surface area contributed by atoms with Crippen molar-refractivity contribution in [2.45, 2.75) is 23.3 Å². The fourth-order valence-electron chi connectivity index (χ4n) is 4.22. The van der Waals surface area contributed by atoms with Gasteiger partial charge in [0.1, 0.15) is 0 Å². The lowest BCUT2D eigenvalue weighted by Crippen LogP contribution is -2.30.